The van der Waals surface area contributed by atoms with Crippen LogP contribution in [0.2, 0.25) is 0 Å². The molecule has 1 aliphatic heterocycles. The van der Waals surface area contributed by atoms with Crippen molar-refractivity contribution in [1.29, 1.82) is 0 Å². The van der Waals surface area contributed by atoms with E-state index < -0.39 is 23.5 Å². The van der Waals surface area contributed by atoms with E-state index in [1.54, 1.807) is 0 Å². The average molecular weight is 269 g/mol. The molecular weight excluding hydrogens is 250 g/mol. The number of hydrogen-bond donors (Lipinski definition) is 4. The standard InChI is InChI=1S/C12H19N3O4/c16-9-8(3-1-6-13-9)15-11(19)14-7-12(10(17)18)4-2-5-12/h8H,1-7H2,(H,13,16)(H,17,18)(H2,14,15,19). The number of piperidine rings is 1. The van der Waals surface area contributed by atoms with E-state index in [1.165, 1.54) is 0 Å². The van der Waals surface area contributed by atoms with Crippen LogP contribution in [0.5, 0.6) is 0 Å². The highest BCUT2D eigenvalue weighted by molar-refractivity contribution is 5.87. The number of amides is 3. The maximum Gasteiger partial charge on any atom is 0.315 e. The predicted octanol–water partition coefficient (Wildman–Crippen LogP) is -0.181. The first-order chi connectivity index (χ1) is 9.03. The van der Waals surface area contributed by atoms with Gasteiger partial charge in [0.2, 0.25) is 5.91 Å². The summed E-state index contributed by atoms with van der Waals surface area (Å²) in [7, 11) is 0. The Balaban J connectivity index is 1.78. The molecule has 106 valence electrons. The normalized spacial score (nSPS) is 24.8. The van der Waals surface area contributed by atoms with Crippen molar-refractivity contribution in [3.05, 3.63) is 0 Å². The molecule has 0 bridgehead atoms. The molecule has 1 saturated carbocycles. The molecule has 1 atom stereocenters. The number of carboxylic acids is 1. The summed E-state index contributed by atoms with van der Waals surface area (Å²) < 4.78 is 0. The van der Waals surface area contributed by atoms with E-state index in [1.807, 2.05) is 0 Å². The monoisotopic (exact) mass is 269 g/mol. The van der Waals surface area contributed by atoms with Crippen molar-refractivity contribution >= 4 is 17.9 Å². The molecule has 0 radical (unpaired) electrons. The molecule has 19 heavy (non-hydrogen) atoms. The Morgan fingerprint density at radius 3 is 2.63 bits per heavy atom. The predicted molar refractivity (Wildman–Crippen MR) is 66.5 cm³/mol. The first kappa shape index (κ1) is 13.6. The minimum Gasteiger partial charge on any atom is -0.481 e. The average Bonchev–Trinajstić information content (AvgIpc) is 2.30. The van der Waals surface area contributed by atoms with Gasteiger partial charge in [0.05, 0.1) is 5.41 Å². The highest BCUT2D eigenvalue weighted by Crippen LogP contribution is 2.40. The zero-order valence-electron chi connectivity index (χ0n) is 10.7. The molecule has 7 nitrogen and oxygen atoms in total. The summed E-state index contributed by atoms with van der Waals surface area (Å²) in [5, 5.41) is 16.9. The summed E-state index contributed by atoms with van der Waals surface area (Å²) >= 11 is 0. The number of hydrogen-bond acceptors (Lipinski definition) is 3. The van der Waals surface area contributed by atoms with E-state index in [0.29, 0.717) is 25.8 Å². The molecule has 4 N–H and O–H groups in total. The molecule has 2 rings (SSSR count). The largest absolute Gasteiger partial charge is 0.481 e. The zero-order chi connectivity index (χ0) is 13.9. The van der Waals surface area contributed by atoms with Crippen LogP contribution in [0.4, 0.5) is 4.79 Å². The second-order valence-corrected chi connectivity index (χ2v) is 5.25. The Morgan fingerprint density at radius 2 is 2.11 bits per heavy atom. The van der Waals surface area contributed by atoms with Gasteiger partial charge in [0.25, 0.3) is 0 Å². The van der Waals surface area contributed by atoms with Crippen molar-refractivity contribution in [2.24, 2.45) is 5.41 Å². The molecule has 1 unspecified atom stereocenters. The molecular formula is C12H19N3O4. The summed E-state index contributed by atoms with van der Waals surface area (Å²) in [5.41, 5.74) is -0.813. The topological polar surface area (TPSA) is 108 Å². The maximum atomic E-state index is 11.7. The molecule has 1 heterocycles. The van der Waals surface area contributed by atoms with Gasteiger partial charge in [-0.05, 0) is 25.7 Å². The van der Waals surface area contributed by atoms with Crippen molar-refractivity contribution in [3.8, 4) is 0 Å². The van der Waals surface area contributed by atoms with Gasteiger partial charge in [-0.15, -0.1) is 0 Å². The van der Waals surface area contributed by atoms with Crippen LogP contribution in [0, 0.1) is 5.41 Å². The number of aliphatic carboxylic acids is 1. The first-order valence-corrected chi connectivity index (χ1v) is 6.59. The fourth-order valence-electron chi connectivity index (χ4n) is 2.44. The van der Waals surface area contributed by atoms with Crippen LogP contribution < -0.4 is 16.0 Å². The minimum absolute atomic E-state index is 0.114. The Labute approximate surface area is 111 Å². The lowest BCUT2D eigenvalue weighted by Gasteiger charge is -2.37. The molecule has 0 aromatic heterocycles. The maximum absolute atomic E-state index is 11.7. The Bertz CT molecular complexity index is 392. The summed E-state index contributed by atoms with van der Waals surface area (Å²) in [6.07, 6.45) is 3.50. The van der Waals surface area contributed by atoms with Crippen molar-refractivity contribution < 1.29 is 19.5 Å². The lowest BCUT2D eigenvalue weighted by Crippen LogP contribution is -2.55. The Hall–Kier alpha value is -1.79. The molecule has 2 fully saturated rings. The third-order valence-electron chi connectivity index (χ3n) is 3.94. The second kappa shape index (κ2) is 5.46. The van der Waals surface area contributed by atoms with E-state index in [0.717, 1.165) is 12.8 Å². The lowest BCUT2D eigenvalue weighted by molar-refractivity contribution is -0.153. The van der Waals surface area contributed by atoms with Crippen LogP contribution in [0.1, 0.15) is 32.1 Å². The van der Waals surface area contributed by atoms with Gasteiger partial charge in [-0.1, -0.05) is 6.42 Å². The number of carbonyl (C=O) groups is 3. The molecule has 0 aromatic carbocycles. The van der Waals surface area contributed by atoms with Crippen LogP contribution in [0.25, 0.3) is 0 Å². The van der Waals surface area contributed by atoms with Crippen LogP contribution in [-0.2, 0) is 9.59 Å². The molecule has 0 aromatic rings. The molecule has 1 aliphatic carbocycles. The Morgan fingerprint density at radius 1 is 1.37 bits per heavy atom. The van der Waals surface area contributed by atoms with Crippen molar-refractivity contribution in [2.45, 2.75) is 38.1 Å². The van der Waals surface area contributed by atoms with Crippen LogP contribution in [-0.4, -0.2) is 42.1 Å². The first-order valence-electron chi connectivity index (χ1n) is 6.59. The molecule has 7 heteroatoms. The van der Waals surface area contributed by atoms with Crippen molar-refractivity contribution in [2.75, 3.05) is 13.1 Å². The summed E-state index contributed by atoms with van der Waals surface area (Å²) in [4.78, 5) is 34.3. The third-order valence-corrected chi connectivity index (χ3v) is 3.94. The van der Waals surface area contributed by atoms with E-state index >= 15 is 0 Å². The lowest BCUT2D eigenvalue weighted by atomic mass is 9.69. The number of urea groups is 1. The molecule has 1 saturated heterocycles. The molecule has 2 aliphatic rings. The SMILES string of the molecule is O=C(NCC1(C(=O)O)CCC1)NC1CCCNC1=O. The van der Waals surface area contributed by atoms with Gasteiger partial charge in [0, 0.05) is 13.1 Å². The smallest absolute Gasteiger partial charge is 0.315 e. The van der Waals surface area contributed by atoms with E-state index in [4.69, 9.17) is 5.11 Å². The molecule has 3 amide bonds. The highest BCUT2D eigenvalue weighted by Gasteiger charge is 2.44. The van der Waals surface area contributed by atoms with Gasteiger partial charge < -0.3 is 21.1 Å². The number of rotatable bonds is 4. The van der Waals surface area contributed by atoms with Crippen LogP contribution in [0.15, 0.2) is 0 Å². The second-order valence-electron chi connectivity index (χ2n) is 5.25. The Kier molecular flexibility index (Phi) is 3.92. The van der Waals surface area contributed by atoms with Gasteiger partial charge in [0.15, 0.2) is 0 Å². The number of carbonyl (C=O) groups excluding carboxylic acids is 2. The third kappa shape index (κ3) is 2.97. The summed E-state index contributed by atoms with van der Waals surface area (Å²) in [6, 6.07) is -0.995. The fraction of sp³-hybridized carbons (Fsp3) is 0.750. The van der Waals surface area contributed by atoms with Crippen LogP contribution >= 0.6 is 0 Å². The van der Waals surface area contributed by atoms with Gasteiger partial charge in [-0.25, -0.2) is 4.79 Å². The van der Waals surface area contributed by atoms with Gasteiger partial charge in [0.1, 0.15) is 6.04 Å². The van der Waals surface area contributed by atoms with Gasteiger partial charge in [-0.3, -0.25) is 9.59 Å². The minimum atomic E-state index is -0.866. The van der Waals surface area contributed by atoms with Gasteiger partial charge in [-0.2, -0.15) is 0 Å². The quantitative estimate of drug-likeness (QED) is 0.567. The number of carboxylic acid groups (broad SMARTS) is 1. The highest BCUT2D eigenvalue weighted by atomic mass is 16.4. The van der Waals surface area contributed by atoms with Gasteiger partial charge >= 0.3 is 12.0 Å². The molecule has 0 spiro atoms. The zero-order valence-corrected chi connectivity index (χ0v) is 10.7. The fourth-order valence-corrected chi connectivity index (χ4v) is 2.44. The van der Waals surface area contributed by atoms with Crippen LogP contribution in [0.3, 0.4) is 0 Å². The number of nitrogens with one attached hydrogen (secondary N) is 3. The van der Waals surface area contributed by atoms with E-state index in [-0.39, 0.29) is 12.5 Å². The summed E-state index contributed by atoms with van der Waals surface area (Å²) in [6.45, 7) is 0.753. The van der Waals surface area contributed by atoms with Crippen molar-refractivity contribution in [3.63, 3.8) is 0 Å². The van der Waals surface area contributed by atoms with Crippen molar-refractivity contribution in [1.82, 2.24) is 16.0 Å². The van der Waals surface area contributed by atoms with E-state index in [9.17, 15) is 14.4 Å². The summed E-state index contributed by atoms with van der Waals surface area (Å²) in [5.74, 6) is -1.05. The van der Waals surface area contributed by atoms with E-state index in [2.05, 4.69) is 16.0 Å².